The molecule has 0 saturated carbocycles. The summed E-state index contributed by atoms with van der Waals surface area (Å²) >= 11 is 0. The van der Waals surface area contributed by atoms with E-state index in [2.05, 4.69) is 13.8 Å². The van der Waals surface area contributed by atoms with Crippen molar-refractivity contribution >= 4 is 0 Å². The molecule has 2 atom stereocenters. The Morgan fingerprint density at radius 2 is 1.39 bits per heavy atom. The van der Waals surface area contributed by atoms with Crippen LogP contribution >= 0.6 is 0 Å². The first kappa shape index (κ1) is 18.6. The molecule has 0 bridgehead atoms. The van der Waals surface area contributed by atoms with Crippen molar-refractivity contribution in [3.63, 3.8) is 0 Å². The summed E-state index contributed by atoms with van der Waals surface area (Å²) in [5.41, 5.74) is 3.89. The zero-order valence-corrected chi connectivity index (χ0v) is 16.9. The van der Waals surface area contributed by atoms with Crippen molar-refractivity contribution in [1.29, 1.82) is 0 Å². The molecule has 1 aliphatic carbocycles. The lowest BCUT2D eigenvalue weighted by Gasteiger charge is -2.29. The summed E-state index contributed by atoms with van der Waals surface area (Å²) in [6, 6.07) is 3.82. The second-order valence-corrected chi connectivity index (χ2v) is 7.54. The smallest absolute Gasteiger partial charge is 0.231 e. The summed E-state index contributed by atoms with van der Waals surface area (Å²) in [5.74, 6) is 3.66. The van der Waals surface area contributed by atoms with Crippen molar-refractivity contribution < 1.29 is 28.8 Å². The Morgan fingerprint density at radius 3 is 2.00 bits per heavy atom. The van der Waals surface area contributed by atoms with Gasteiger partial charge in [-0.25, -0.2) is 0 Å². The minimum absolute atomic E-state index is 0.0692. The molecular weight excluding hydrogens is 360 g/mol. The van der Waals surface area contributed by atoms with Gasteiger partial charge in [0, 0.05) is 11.1 Å². The van der Waals surface area contributed by atoms with Crippen LogP contribution in [0.15, 0.2) is 12.1 Å². The number of fused-ring (bicyclic) bond motifs is 4. The summed E-state index contributed by atoms with van der Waals surface area (Å²) < 4.78 is 28.4. The fraction of sp³-hybridized carbons (Fsp3) is 0.455. The van der Waals surface area contributed by atoms with Crippen LogP contribution < -0.4 is 23.7 Å². The maximum atomic E-state index is 10.5. The van der Waals surface area contributed by atoms with Crippen molar-refractivity contribution in [3.8, 4) is 45.6 Å². The zero-order chi connectivity index (χ0) is 20.0. The van der Waals surface area contributed by atoms with Crippen molar-refractivity contribution in [3.05, 3.63) is 23.3 Å². The lowest BCUT2D eigenvalue weighted by Crippen LogP contribution is -2.18. The number of ether oxygens (including phenoxy) is 5. The average Bonchev–Trinajstić information content (AvgIpc) is 3.14. The third kappa shape index (κ3) is 2.70. The number of hydrogen-bond donors (Lipinski definition) is 1. The molecule has 0 aromatic heterocycles. The van der Waals surface area contributed by atoms with E-state index in [-0.39, 0.29) is 12.5 Å². The number of methoxy groups -OCH3 is 3. The van der Waals surface area contributed by atoms with Gasteiger partial charge in [-0.3, -0.25) is 0 Å². The zero-order valence-electron chi connectivity index (χ0n) is 16.9. The first-order valence-electron chi connectivity index (χ1n) is 9.46. The molecule has 0 fully saturated rings. The molecule has 0 radical (unpaired) electrons. The Balaban J connectivity index is 2.12. The topological polar surface area (TPSA) is 66.4 Å². The summed E-state index contributed by atoms with van der Waals surface area (Å²) in [4.78, 5) is 0. The van der Waals surface area contributed by atoms with E-state index in [1.807, 2.05) is 6.07 Å². The average molecular weight is 386 g/mol. The highest BCUT2D eigenvalue weighted by atomic mass is 16.7. The van der Waals surface area contributed by atoms with Gasteiger partial charge in [-0.15, -0.1) is 0 Å². The van der Waals surface area contributed by atoms with Gasteiger partial charge in [0.15, 0.2) is 23.0 Å². The highest BCUT2D eigenvalue weighted by Gasteiger charge is 2.34. The second kappa shape index (κ2) is 7.00. The minimum Gasteiger partial charge on any atom is -0.504 e. The Labute approximate surface area is 164 Å². The summed E-state index contributed by atoms with van der Waals surface area (Å²) in [7, 11) is 4.74. The van der Waals surface area contributed by atoms with E-state index < -0.39 is 0 Å². The van der Waals surface area contributed by atoms with E-state index in [0.717, 1.165) is 35.1 Å². The number of phenols is 1. The van der Waals surface area contributed by atoms with Gasteiger partial charge in [0.05, 0.1) is 21.3 Å². The number of rotatable bonds is 3. The SMILES string of the molecule is COc1c(O)cc2c(c1OC)-c1c(cc3c(c1OC)OCO3)C[C@@H](C)[C@H](C)C2. The van der Waals surface area contributed by atoms with E-state index in [4.69, 9.17) is 23.7 Å². The molecule has 28 heavy (non-hydrogen) atoms. The summed E-state index contributed by atoms with van der Waals surface area (Å²) in [6.45, 7) is 4.65. The molecule has 2 aromatic carbocycles. The maximum absolute atomic E-state index is 10.5. The molecule has 2 aliphatic rings. The lowest BCUT2D eigenvalue weighted by atomic mass is 9.77. The third-order valence-electron chi connectivity index (χ3n) is 5.92. The van der Waals surface area contributed by atoms with Crippen LogP contribution in [-0.2, 0) is 12.8 Å². The molecule has 2 aromatic rings. The second-order valence-electron chi connectivity index (χ2n) is 7.54. The molecule has 0 unspecified atom stereocenters. The van der Waals surface area contributed by atoms with Crippen LogP contribution in [0.1, 0.15) is 25.0 Å². The minimum atomic E-state index is 0.0692. The van der Waals surface area contributed by atoms with Gasteiger partial charge in [0.25, 0.3) is 0 Å². The van der Waals surface area contributed by atoms with Crippen LogP contribution in [0.25, 0.3) is 11.1 Å². The molecule has 0 spiro atoms. The molecule has 0 amide bonds. The number of phenolic OH excluding ortho intramolecular Hbond substituents is 1. The molecule has 6 heteroatoms. The van der Waals surface area contributed by atoms with E-state index in [1.165, 1.54) is 7.11 Å². The molecule has 1 heterocycles. The lowest BCUT2D eigenvalue weighted by molar-refractivity contribution is 0.171. The van der Waals surface area contributed by atoms with Crippen molar-refractivity contribution in [2.45, 2.75) is 26.7 Å². The van der Waals surface area contributed by atoms with Crippen LogP contribution in [0.2, 0.25) is 0 Å². The summed E-state index contributed by atoms with van der Waals surface area (Å²) in [6.07, 6.45) is 1.68. The van der Waals surface area contributed by atoms with Crippen molar-refractivity contribution in [2.75, 3.05) is 28.1 Å². The van der Waals surface area contributed by atoms with Crippen LogP contribution in [0.4, 0.5) is 0 Å². The Hall–Kier alpha value is -2.76. The number of aromatic hydroxyl groups is 1. The van der Waals surface area contributed by atoms with Gasteiger partial charge in [0.1, 0.15) is 0 Å². The van der Waals surface area contributed by atoms with E-state index in [0.29, 0.717) is 40.6 Å². The van der Waals surface area contributed by atoms with Gasteiger partial charge in [-0.2, -0.15) is 0 Å². The van der Waals surface area contributed by atoms with Crippen LogP contribution in [0.3, 0.4) is 0 Å². The fourth-order valence-corrected chi connectivity index (χ4v) is 4.29. The van der Waals surface area contributed by atoms with E-state index in [9.17, 15) is 5.11 Å². The molecule has 4 rings (SSSR count). The standard InChI is InChI=1S/C22H26O6/c1-11-6-13-8-15(23)19(24-3)21(25-4)17(13)18-14(7-12(11)2)9-16-20(22(18)26-5)28-10-27-16/h8-9,11-12,23H,6-7,10H2,1-5H3/t11-,12-/m1/s1. The highest BCUT2D eigenvalue weighted by Crippen LogP contribution is 2.56. The normalized spacial score (nSPS) is 19.9. The predicted octanol–water partition coefficient (Wildman–Crippen LogP) is 4.18. The molecular formula is C22H26O6. The van der Waals surface area contributed by atoms with Gasteiger partial charge in [0.2, 0.25) is 18.3 Å². The van der Waals surface area contributed by atoms with Crippen molar-refractivity contribution in [2.24, 2.45) is 11.8 Å². The largest absolute Gasteiger partial charge is 0.504 e. The third-order valence-corrected chi connectivity index (χ3v) is 5.92. The Bertz CT molecular complexity index is 903. The molecule has 1 N–H and O–H groups in total. The number of hydrogen-bond acceptors (Lipinski definition) is 6. The van der Waals surface area contributed by atoms with Gasteiger partial charge in [-0.05, 0) is 47.9 Å². The molecule has 6 nitrogen and oxygen atoms in total. The number of benzene rings is 2. The van der Waals surface area contributed by atoms with Crippen molar-refractivity contribution in [1.82, 2.24) is 0 Å². The first-order valence-corrected chi connectivity index (χ1v) is 9.46. The van der Waals surface area contributed by atoms with E-state index in [1.54, 1.807) is 20.3 Å². The predicted molar refractivity (Wildman–Crippen MR) is 105 cm³/mol. The first-order chi connectivity index (χ1) is 13.5. The fourth-order valence-electron chi connectivity index (χ4n) is 4.29. The van der Waals surface area contributed by atoms with Gasteiger partial charge >= 0.3 is 0 Å². The molecule has 150 valence electrons. The van der Waals surface area contributed by atoms with E-state index >= 15 is 0 Å². The monoisotopic (exact) mass is 386 g/mol. The Kier molecular flexibility index (Phi) is 4.65. The van der Waals surface area contributed by atoms with Crippen LogP contribution in [0.5, 0.6) is 34.5 Å². The Morgan fingerprint density at radius 1 is 0.821 bits per heavy atom. The molecule has 0 saturated heterocycles. The van der Waals surface area contributed by atoms with Crippen LogP contribution in [0, 0.1) is 11.8 Å². The molecule has 1 aliphatic heterocycles. The van der Waals surface area contributed by atoms with Gasteiger partial charge in [-0.1, -0.05) is 13.8 Å². The van der Waals surface area contributed by atoms with Gasteiger partial charge < -0.3 is 28.8 Å². The highest BCUT2D eigenvalue weighted by molar-refractivity contribution is 5.88. The quantitative estimate of drug-likeness (QED) is 0.853. The summed E-state index contributed by atoms with van der Waals surface area (Å²) in [5, 5.41) is 10.5. The van der Waals surface area contributed by atoms with Crippen LogP contribution in [-0.4, -0.2) is 33.2 Å². The maximum Gasteiger partial charge on any atom is 0.231 e.